The average molecular weight is 517 g/mol. The molecule has 3 aromatic rings. The maximum Gasteiger partial charge on any atom is 0.275 e. The minimum absolute atomic E-state index is 0.171. The zero-order valence-corrected chi connectivity index (χ0v) is 20.7. The van der Waals surface area contributed by atoms with E-state index in [0.29, 0.717) is 37.3 Å². The molecule has 0 saturated carbocycles. The van der Waals surface area contributed by atoms with E-state index in [1.807, 2.05) is 4.90 Å². The molecule has 2 saturated heterocycles. The van der Waals surface area contributed by atoms with E-state index in [1.54, 1.807) is 29.1 Å². The smallest absolute Gasteiger partial charge is 0.275 e. The van der Waals surface area contributed by atoms with Crippen molar-refractivity contribution in [3.63, 3.8) is 0 Å². The number of anilines is 2. The fourth-order valence-corrected chi connectivity index (χ4v) is 5.74. The number of halogens is 1. The molecule has 11 nitrogen and oxygen atoms in total. The highest BCUT2D eigenvalue weighted by Gasteiger charge is 2.27. The molecule has 1 amide bonds. The highest BCUT2D eigenvalue weighted by atomic mass is 32.2. The van der Waals surface area contributed by atoms with Gasteiger partial charge in [-0.25, -0.2) is 19.5 Å². The van der Waals surface area contributed by atoms with E-state index in [9.17, 15) is 17.6 Å². The number of nitrogens with one attached hydrogen (secondary N) is 2. The van der Waals surface area contributed by atoms with Crippen LogP contribution in [0, 0.1) is 5.82 Å². The van der Waals surface area contributed by atoms with Crippen molar-refractivity contribution in [1.82, 2.24) is 24.0 Å². The Hall–Kier alpha value is -3.13. The van der Waals surface area contributed by atoms with Crippen molar-refractivity contribution in [2.45, 2.75) is 31.2 Å². The standard InChI is InChI=1S/C23H29FN8O3S/c1-30-8-4-15(13-30)21-22-26-7-11-32(22)14-19(27-21)23(33)28-18-12-16(24)2-3-20(18)31-9-5-17(6-10-31)29-36(25,34)35/h2-3,7,11-12,14-15,17,29H,4-6,8-10,13H2,1H3,(H,28,33)(H2,25,34,35). The second-order valence-corrected chi connectivity index (χ2v) is 10.8. The summed E-state index contributed by atoms with van der Waals surface area (Å²) in [6.07, 6.45) is 7.08. The van der Waals surface area contributed by atoms with Crippen LogP contribution in [0.3, 0.4) is 0 Å². The summed E-state index contributed by atoms with van der Waals surface area (Å²) in [6.45, 7) is 2.82. The van der Waals surface area contributed by atoms with Crippen LogP contribution in [0.15, 0.2) is 36.8 Å². The van der Waals surface area contributed by atoms with Crippen LogP contribution in [0.4, 0.5) is 15.8 Å². The first-order valence-electron chi connectivity index (χ1n) is 11.8. The first kappa shape index (κ1) is 24.6. The van der Waals surface area contributed by atoms with E-state index in [-0.39, 0.29) is 17.7 Å². The minimum atomic E-state index is -3.78. The fraction of sp³-hybridized carbons (Fsp3) is 0.435. The number of amides is 1. The number of piperidine rings is 1. The van der Waals surface area contributed by atoms with Gasteiger partial charge in [0.1, 0.15) is 11.5 Å². The molecule has 2 aliphatic heterocycles. The topological polar surface area (TPSA) is 138 Å². The molecule has 0 aliphatic carbocycles. The van der Waals surface area contributed by atoms with E-state index >= 15 is 0 Å². The summed E-state index contributed by atoms with van der Waals surface area (Å²) in [7, 11) is -1.73. The Kier molecular flexibility index (Phi) is 6.64. The Morgan fingerprint density at radius 2 is 1.97 bits per heavy atom. The number of hydrogen-bond donors (Lipinski definition) is 3. The molecule has 13 heteroatoms. The summed E-state index contributed by atoms with van der Waals surface area (Å²) in [4.78, 5) is 26.6. The number of aromatic nitrogens is 3. The summed E-state index contributed by atoms with van der Waals surface area (Å²) in [6, 6.07) is 3.97. The molecule has 0 spiro atoms. The molecule has 1 aromatic carbocycles. The number of benzene rings is 1. The van der Waals surface area contributed by atoms with Crippen molar-refractivity contribution in [2.24, 2.45) is 5.14 Å². The van der Waals surface area contributed by atoms with Gasteiger partial charge in [-0.1, -0.05) is 0 Å². The van der Waals surface area contributed by atoms with Gasteiger partial charge in [0, 0.05) is 50.2 Å². The normalized spacial score (nSPS) is 19.8. The first-order chi connectivity index (χ1) is 17.2. The van der Waals surface area contributed by atoms with Crippen LogP contribution in [0.2, 0.25) is 0 Å². The lowest BCUT2D eigenvalue weighted by Gasteiger charge is -2.34. The lowest BCUT2D eigenvalue weighted by atomic mass is 10.0. The predicted octanol–water partition coefficient (Wildman–Crippen LogP) is 1.30. The number of carbonyl (C=O) groups is 1. The van der Waals surface area contributed by atoms with Crippen LogP contribution in [0.5, 0.6) is 0 Å². The van der Waals surface area contributed by atoms with Gasteiger partial charge < -0.3 is 19.5 Å². The Morgan fingerprint density at radius 3 is 2.67 bits per heavy atom. The van der Waals surface area contributed by atoms with Gasteiger partial charge in [0.15, 0.2) is 5.65 Å². The van der Waals surface area contributed by atoms with Gasteiger partial charge in [-0.3, -0.25) is 4.79 Å². The molecule has 2 aliphatic rings. The number of rotatable bonds is 6. The zero-order chi connectivity index (χ0) is 25.4. The number of nitrogens with two attached hydrogens (primary N) is 1. The minimum Gasteiger partial charge on any atom is -0.370 e. The summed E-state index contributed by atoms with van der Waals surface area (Å²) >= 11 is 0. The van der Waals surface area contributed by atoms with Crippen molar-refractivity contribution in [3.05, 3.63) is 54.0 Å². The largest absolute Gasteiger partial charge is 0.370 e. The first-order valence-corrected chi connectivity index (χ1v) is 13.4. The molecule has 0 bridgehead atoms. The van der Waals surface area contributed by atoms with Crippen LogP contribution in [0.1, 0.15) is 41.4 Å². The van der Waals surface area contributed by atoms with Crippen molar-refractivity contribution >= 4 is 33.1 Å². The third-order valence-corrected chi connectivity index (χ3v) is 7.45. The summed E-state index contributed by atoms with van der Waals surface area (Å²) in [5, 5.41) is 7.93. The second-order valence-electron chi connectivity index (χ2n) is 9.46. The molecular weight excluding hydrogens is 487 g/mol. The molecule has 4 heterocycles. The number of likely N-dealkylation sites (tertiary alicyclic amines) is 1. The quantitative estimate of drug-likeness (QED) is 0.449. The molecule has 1 unspecified atom stereocenters. The van der Waals surface area contributed by atoms with E-state index in [1.165, 1.54) is 12.1 Å². The predicted molar refractivity (Wildman–Crippen MR) is 134 cm³/mol. The van der Waals surface area contributed by atoms with Gasteiger partial charge in [-0.2, -0.15) is 13.1 Å². The van der Waals surface area contributed by atoms with Crippen LogP contribution < -0.4 is 20.1 Å². The maximum absolute atomic E-state index is 14.2. The Morgan fingerprint density at radius 1 is 1.19 bits per heavy atom. The summed E-state index contributed by atoms with van der Waals surface area (Å²) in [5.74, 6) is -0.756. The number of nitrogens with zero attached hydrogens (tertiary/aromatic N) is 5. The molecule has 2 fully saturated rings. The van der Waals surface area contributed by atoms with Crippen molar-refractivity contribution in [1.29, 1.82) is 0 Å². The summed E-state index contributed by atoms with van der Waals surface area (Å²) < 4.78 is 41.1. The molecule has 5 rings (SSSR count). The maximum atomic E-state index is 14.2. The number of carbonyl (C=O) groups excluding carboxylic acids is 1. The van der Waals surface area contributed by atoms with Gasteiger partial charge in [-0.05, 0) is 51.1 Å². The molecule has 2 aromatic heterocycles. The van der Waals surface area contributed by atoms with Crippen molar-refractivity contribution in [2.75, 3.05) is 43.4 Å². The van der Waals surface area contributed by atoms with Crippen molar-refractivity contribution in [3.8, 4) is 0 Å². The highest BCUT2D eigenvalue weighted by Crippen LogP contribution is 2.31. The van der Waals surface area contributed by atoms with Crippen molar-refractivity contribution < 1.29 is 17.6 Å². The lowest BCUT2D eigenvalue weighted by Crippen LogP contribution is -2.46. The van der Waals surface area contributed by atoms with E-state index in [0.717, 1.165) is 30.9 Å². The monoisotopic (exact) mass is 516 g/mol. The average Bonchev–Trinajstić information content (AvgIpc) is 3.47. The molecule has 4 N–H and O–H groups in total. The van der Waals surface area contributed by atoms with Gasteiger partial charge in [0.05, 0.1) is 17.1 Å². The molecular formula is C23H29FN8O3S. The zero-order valence-electron chi connectivity index (χ0n) is 19.9. The highest BCUT2D eigenvalue weighted by molar-refractivity contribution is 7.87. The Labute approximate surface area is 208 Å². The van der Waals surface area contributed by atoms with Crippen LogP contribution >= 0.6 is 0 Å². The number of hydrogen-bond acceptors (Lipinski definition) is 7. The van der Waals surface area contributed by atoms with Gasteiger partial charge in [0.25, 0.3) is 16.1 Å². The van der Waals surface area contributed by atoms with Gasteiger partial charge >= 0.3 is 0 Å². The van der Waals surface area contributed by atoms with E-state index < -0.39 is 21.9 Å². The van der Waals surface area contributed by atoms with E-state index in [2.05, 4.69) is 32.0 Å². The Bertz CT molecular complexity index is 1390. The molecule has 36 heavy (non-hydrogen) atoms. The van der Waals surface area contributed by atoms with Crippen LogP contribution in [-0.4, -0.2) is 72.9 Å². The van der Waals surface area contributed by atoms with Crippen LogP contribution in [-0.2, 0) is 10.2 Å². The Balaban J connectivity index is 1.38. The SMILES string of the molecule is CN1CCC(c2nc(C(=O)Nc3cc(F)ccc3N3CCC(NS(N)(=O)=O)CC3)cn3ccnc23)C1. The summed E-state index contributed by atoms with van der Waals surface area (Å²) in [5.41, 5.74) is 2.71. The fourth-order valence-electron chi connectivity index (χ4n) is 5.04. The van der Waals surface area contributed by atoms with Gasteiger partial charge in [-0.15, -0.1) is 0 Å². The molecule has 192 valence electrons. The number of imidazole rings is 1. The molecule has 0 radical (unpaired) electrons. The molecule has 1 atom stereocenters. The second kappa shape index (κ2) is 9.73. The number of likely N-dealkylation sites (N-methyl/N-ethyl adjacent to an activating group) is 1. The lowest BCUT2D eigenvalue weighted by molar-refractivity contribution is 0.102. The van der Waals surface area contributed by atoms with Crippen LogP contribution in [0.25, 0.3) is 5.65 Å². The number of fused-ring (bicyclic) bond motifs is 1. The van der Waals surface area contributed by atoms with E-state index in [4.69, 9.17) is 5.14 Å². The third-order valence-electron chi connectivity index (χ3n) is 6.78. The van der Waals surface area contributed by atoms with Gasteiger partial charge in [0.2, 0.25) is 0 Å². The third kappa shape index (κ3) is 5.33.